The molecule has 0 saturated carbocycles. The number of likely N-dealkylation sites (tertiary alicyclic amines) is 1. The van der Waals surface area contributed by atoms with Gasteiger partial charge in [0.05, 0.1) is 0 Å². The maximum Gasteiger partial charge on any atom is 0.321 e. The molecular formula is C18H23N5O2. The van der Waals surface area contributed by atoms with Crippen molar-refractivity contribution in [1.29, 1.82) is 0 Å². The number of carbonyl (C=O) groups is 1. The predicted molar refractivity (Wildman–Crippen MR) is 94.1 cm³/mol. The van der Waals surface area contributed by atoms with Gasteiger partial charge < -0.3 is 15.0 Å². The van der Waals surface area contributed by atoms with E-state index in [1.54, 1.807) is 11.0 Å². The number of benzene rings is 1. The molecule has 2 aliphatic rings. The number of carbonyl (C=O) groups excluding carboxylic acids is 1. The van der Waals surface area contributed by atoms with E-state index < -0.39 is 0 Å². The monoisotopic (exact) mass is 341 g/mol. The number of rotatable bonds is 3. The van der Waals surface area contributed by atoms with E-state index >= 15 is 0 Å². The summed E-state index contributed by atoms with van der Waals surface area (Å²) in [6, 6.07) is 7.61. The van der Waals surface area contributed by atoms with Crippen LogP contribution < -0.4 is 5.32 Å². The quantitative estimate of drug-likeness (QED) is 0.930. The molecule has 132 valence electrons. The summed E-state index contributed by atoms with van der Waals surface area (Å²) in [6.45, 7) is 3.37. The van der Waals surface area contributed by atoms with Crippen molar-refractivity contribution in [2.24, 2.45) is 18.9 Å². The molecule has 0 radical (unpaired) electrons. The summed E-state index contributed by atoms with van der Waals surface area (Å²) in [5.41, 5.74) is 1.72. The molecule has 1 aromatic carbocycles. The third kappa shape index (κ3) is 3.51. The van der Waals surface area contributed by atoms with Crippen LogP contribution in [0.25, 0.3) is 11.4 Å². The lowest BCUT2D eigenvalue weighted by Crippen LogP contribution is -2.33. The third-order valence-corrected chi connectivity index (χ3v) is 5.14. The van der Waals surface area contributed by atoms with E-state index in [0.717, 1.165) is 50.4 Å². The number of nitrogens with one attached hydrogen (secondary N) is 1. The van der Waals surface area contributed by atoms with Gasteiger partial charge in [0, 0.05) is 44.6 Å². The maximum atomic E-state index is 12.5. The fraction of sp³-hybridized carbons (Fsp3) is 0.500. The number of hydrogen-bond donors (Lipinski definition) is 1. The van der Waals surface area contributed by atoms with Gasteiger partial charge in [-0.3, -0.25) is 4.68 Å². The molecule has 7 heteroatoms. The molecule has 4 rings (SSSR count). The Labute approximate surface area is 147 Å². The average molecular weight is 341 g/mol. The summed E-state index contributed by atoms with van der Waals surface area (Å²) >= 11 is 0. The Balaban J connectivity index is 1.35. The Morgan fingerprint density at radius 2 is 2.08 bits per heavy atom. The highest BCUT2D eigenvalue weighted by atomic mass is 16.5. The van der Waals surface area contributed by atoms with E-state index in [-0.39, 0.29) is 6.03 Å². The molecule has 2 fully saturated rings. The van der Waals surface area contributed by atoms with Crippen LogP contribution >= 0.6 is 0 Å². The maximum absolute atomic E-state index is 12.5. The number of amides is 2. The highest BCUT2D eigenvalue weighted by molar-refractivity contribution is 5.89. The summed E-state index contributed by atoms with van der Waals surface area (Å²) in [6.07, 6.45) is 3.87. The minimum Gasteiger partial charge on any atom is -0.381 e. The van der Waals surface area contributed by atoms with Gasteiger partial charge in [-0.05, 0) is 48.9 Å². The lowest BCUT2D eigenvalue weighted by molar-refractivity contribution is 0.171. The molecule has 1 N–H and O–H groups in total. The summed E-state index contributed by atoms with van der Waals surface area (Å²) in [5.74, 6) is 1.87. The van der Waals surface area contributed by atoms with Crippen LogP contribution in [0.4, 0.5) is 10.5 Å². The van der Waals surface area contributed by atoms with Crippen LogP contribution in [-0.2, 0) is 11.8 Å². The first kappa shape index (κ1) is 16.1. The number of nitrogens with zero attached hydrogens (tertiary/aromatic N) is 4. The second-order valence-corrected chi connectivity index (χ2v) is 6.87. The lowest BCUT2D eigenvalue weighted by Gasteiger charge is -2.19. The Bertz CT molecular complexity index is 736. The summed E-state index contributed by atoms with van der Waals surface area (Å²) in [5, 5.41) is 7.27. The second kappa shape index (κ2) is 6.84. The molecule has 0 unspecified atom stereocenters. The molecule has 2 aliphatic heterocycles. The van der Waals surface area contributed by atoms with Crippen molar-refractivity contribution < 1.29 is 9.53 Å². The first-order valence-electron chi connectivity index (χ1n) is 8.79. The van der Waals surface area contributed by atoms with E-state index in [0.29, 0.717) is 17.7 Å². The standard InChI is InChI=1S/C18H23N5O2/c1-22-12-19-17(21-22)13-2-4-16(5-3-13)20-18(24)23-8-6-14(10-23)15-7-9-25-11-15/h2-5,12,14-15H,6-11H2,1H3,(H,20,24)/t14-,15+/m0/s1. The molecule has 25 heavy (non-hydrogen) atoms. The highest BCUT2D eigenvalue weighted by Crippen LogP contribution is 2.30. The molecule has 0 bridgehead atoms. The summed E-state index contributed by atoms with van der Waals surface area (Å²) in [4.78, 5) is 18.6. The minimum atomic E-state index is -0.0230. The number of hydrogen-bond acceptors (Lipinski definition) is 4. The molecule has 2 atom stereocenters. The zero-order valence-corrected chi connectivity index (χ0v) is 14.4. The lowest BCUT2D eigenvalue weighted by atomic mass is 9.91. The van der Waals surface area contributed by atoms with Crippen molar-refractivity contribution in [2.45, 2.75) is 12.8 Å². The molecule has 0 spiro atoms. The second-order valence-electron chi connectivity index (χ2n) is 6.87. The first-order valence-corrected chi connectivity index (χ1v) is 8.79. The van der Waals surface area contributed by atoms with Crippen LogP contribution in [0.2, 0.25) is 0 Å². The van der Waals surface area contributed by atoms with Crippen molar-refractivity contribution in [2.75, 3.05) is 31.6 Å². The third-order valence-electron chi connectivity index (χ3n) is 5.14. The topological polar surface area (TPSA) is 72.3 Å². The van der Waals surface area contributed by atoms with E-state index in [2.05, 4.69) is 15.4 Å². The number of anilines is 1. The van der Waals surface area contributed by atoms with Crippen molar-refractivity contribution in [3.05, 3.63) is 30.6 Å². The Hall–Kier alpha value is -2.41. The van der Waals surface area contributed by atoms with Gasteiger partial charge in [0.2, 0.25) is 0 Å². The summed E-state index contributed by atoms with van der Waals surface area (Å²) < 4.78 is 7.15. The van der Waals surface area contributed by atoms with E-state index in [1.165, 1.54) is 0 Å². The Kier molecular flexibility index (Phi) is 4.40. The highest BCUT2D eigenvalue weighted by Gasteiger charge is 2.33. The van der Waals surface area contributed by atoms with E-state index in [9.17, 15) is 4.79 Å². The smallest absolute Gasteiger partial charge is 0.321 e. The molecule has 7 nitrogen and oxygen atoms in total. The number of urea groups is 1. The SMILES string of the molecule is Cn1cnc(-c2ccc(NC(=O)N3CC[C@H]([C@@H]4CCOC4)C3)cc2)n1. The van der Waals surface area contributed by atoms with E-state index in [4.69, 9.17) is 4.74 Å². The van der Waals surface area contributed by atoms with Gasteiger partial charge in [-0.25, -0.2) is 9.78 Å². The van der Waals surface area contributed by atoms with Crippen LogP contribution in [0.3, 0.4) is 0 Å². The minimum absolute atomic E-state index is 0.0230. The Morgan fingerprint density at radius 1 is 1.24 bits per heavy atom. The van der Waals surface area contributed by atoms with E-state index in [1.807, 2.05) is 36.2 Å². The van der Waals surface area contributed by atoms with Crippen LogP contribution in [-0.4, -0.2) is 52.0 Å². The normalized spacial score (nSPS) is 23.2. The van der Waals surface area contributed by atoms with Gasteiger partial charge in [0.1, 0.15) is 6.33 Å². The van der Waals surface area contributed by atoms with Crippen LogP contribution in [0.1, 0.15) is 12.8 Å². The van der Waals surface area contributed by atoms with Gasteiger partial charge in [-0.2, -0.15) is 5.10 Å². The van der Waals surface area contributed by atoms with Gasteiger partial charge in [-0.15, -0.1) is 0 Å². The molecular weight excluding hydrogens is 318 g/mol. The molecule has 2 aromatic rings. The van der Waals surface area contributed by atoms with Crippen molar-refractivity contribution in [1.82, 2.24) is 19.7 Å². The van der Waals surface area contributed by atoms with Crippen molar-refractivity contribution in [3.63, 3.8) is 0 Å². The first-order chi connectivity index (χ1) is 12.2. The number of aromatic nitrogens is 3. The van der Waals surface area contributed by atoms with Crippen LogP contribution in [0.15, 0.2) is 30.6 Å². The molecule has 1 aromatic heterocycles. The van der Waals surface area contributed by atoms with Crippen molar-refractivity contribution >= 4 is 11.7 Å². The van der Waals surface area contributed by atoms with Crippen LogP contribution in [0, 0.1) is 11.8 Å². The predicted octanol–water partition coefficient (Wildman–Crippen LogP) is 2.37. The molecule has 0 aliphatic carbocycles. The Morgan fingerprint density at radius 3 is 2.76 bits per heavy atom. The van der Waals surface area contributed by atoms with Gasteiger partial charge >= 0.3 is 6.03 Å². The molecule has 2 saturated heterocycles. The summed E-state index contributed by atoms with van der Waals surface area (Å²) in [7, 11) is 1.84. The molecule has 3 heterocycles. The van der Waals surface area contributed by atoms with Crippen LogP contribution in [0.5, 0.6) is 0 Å². The molecule has 2 amide bonds. The number of aryl methyl sites for hydroxylation is 1. The largest absolute Gasteiger partial charge is 0.381 e. The zero-order chi connectivity index (χ0) is 17.2. The fourth-order valence-electron chi connectivity index (χ4n) is 3.66. The fourth-order valence-corrected chi connectivity index (χ4v) is 3.66. The van der Waals surface area contributed by atoms with Gasteiger partial charge in [0.15, 0.2) is 5.82 Å². The number of ether oxygens (including phenoxy) is 1. The zero-order valence-electron chi connectivity index (χ0n) is 14.4. The van der Waals surface area contributed by atoms with Crippen molar-refractivity contribution in [3.8, 4) is 11.4 Å². The van der Waals surface area contributed by atoms with Gasteiger partial charge in [-0.1, -0.05) is 0 Å². The van der Waals surface area contributed by atoms with Gasteiger partial charge in [0.25, 0.3) is 0 Å². The average Bonchev–Trinajstić information content (AvgIpc) is 3.36.